The summed E-state index contributed by atoms with van der Waals surface area (Å²) in [6.45, 7) is 0. The molecular formula is C18H15ClN6O2. The molecule has 0 spiro atoms. The maximum Gasteiger partial charge on any atom is 0.292 e. The molecule has 3 aromatic rings. The van der Waals surface area contributed by atoms with Crippen molar-refractivity contribution in [2.45, 2.75) is 18.9 Å². The van der Waals surface area contributed by atoms with E-state index in [1.165, 1.54) is 18.2 Å². The summed E-state index contributed by atoms with van der Waals surface area (Å²) < 4.78 is 0. The summed E-state index contributed by atoms with van der Waals surface area (Å²) in [7, 11) is 0. The van der Waals surface area contributed by atoms with Gasteiger partial charge in [-0.1, -0.05) is 11.6 Å². The van der Waals surface area contributed by atoms with E-state index in [1.807, 2.05) is 12.1 Å². The van der Waals surface area contributed by atoms with Crippen molar-refractivity contribution in [2.75, 3.05) is 10.6 Å². The first-order valence-electron chi connectivity index (χ1n) is 8.35. The molecule has 0 bridgehead atoms. The van der Waals surface area contributed by atoms with Crippen molar-refractivity contribution >= 4 is 34.7 Å². The average Bonchev–Trinajstić information content (AvgIpc) is 3.46. The molecule has 1 aliphatic carbocycles. The molecule has 2 heterocycles. The molecule has 0 saturated heterocycles. The lowest BCUT2D eigenvalue weighted by Crippen LogP contribution is -2.08. The number of anilines is 3. The summed E-state index contributed by atoms with van der Waals surface area (Å²) in [4.78, 5) is 23.9. The zero-order chi connectivity index (χ0) is 18.8. The van der Waals surface area contributed by atoms with E-state index in [2.05, 4.69) is 25.6 Å². The van der Waals surface area contributed by atoms with E-state index >= 15 is 0 Å². The van der Waals surface area contributed by atoms with Crippen LogP contribution in [0.5, 0.6) is 0 Å². The molecule has 8 nitrogen and oxygen atoms in total. The molecule has 0 atom stereocenters. The highest BCUT2D eigenvalue weighted by atomic mass is 35.5. The SMILES string of the molecule is O=[N+]([O-])c1ccc(Cl)cc1Nc1cc(-c2ccncc2)nc(NC2CC2)n1. The summed E-state index contributed by atoms with van der Waals surface area (Å²) in [5, 5.41) is 18.0. The van der Waals surface area contributed by atoms with Crippen LogP contribution in [0.25, 0.3) is 11.3 Å². The van der Waals surface area contributed by atoms with Crippen molar-refractivity contribution in [1.82, 2.24) is 15.0 Å². The Morgan fingerprint density at radius 1 is 1.11 bits per heavy atom. The van der Waals surface area contributed by atoms with Crippen molar-refractivity contribution in [3.8, 4) is 11.3 Å². The Morgan fingerprint density at radius 3 is 2.59 bits per heavy atom. The Morgan fingerprint density at radius 2 is 1.89 bits per heavy atom. The Balaban J connectivity index is 1.73. The molecule has 27 heavy (non-hydrogen) atoms. The molecule has 1 fully saturated rings. The van der Waals surface area contributed by atoms with Crippen molar-refractivity contribution in [1.29, 1.82) is 0 Å². The van der Waals surface area contributed by atoms with Crippen LogP contribution >= 0.6 is 11.6 Å². The molecule has 0 unspecified atom stereocenters. The van der Waals surface area contributed by atoms with Gasteiger partial charge in [0.1, 0.15) is 11.5 Å². The number of benzene rings is 1. The molecular weight excluding hydrogens is 368 g/mol. The van der Waals surface area contributed by atoms with Gasteiger partial charge in [-0.3, -0.25) is 15.1 Å². The van der Waals surface area contributed by atoms with Gasteiger partial charge in [-0.05, 0) is 37.1 Å². The summed E-state index contributed by atoms with van der Waals surface area (Å²) >= 11 is 6.01. The smallest absolute Gasteiger partial charge is 0.292 e. The fourth-order valence-electron chi connectivity index (χ4n) is 2.56. The van der Waals surface area contributed by atoms with Gasteiger partial charge in [0.2, 0.25) is 5.95 Å². The lowest BCUT2D eigenvalue weighted by molar-refractivity contribution is -0.383. The standard InChI is InChI=1S/C18H15ClN6O2/c19-12-1-4-16(25(26)27)15(9-12)22-17-10-14(11-5-7-20-8-6-11)23-18(24-17)21-13-2-3-13/h1,4-10,13H,2-3H2,(H2,21,22,23,24). The third kappa shape index (κ3) is 4.12. The van der Waals surface area contributed by atoms with E-state index in [1.54, 1.807) is 18.5 Å². The first kappa shape index (κ1) is 17.2. The second-order valence-electron chi connectivity index (χ2n) is 6.16. The molecule has 9 heteroatoms. The maximum absolute atomic E-state index is 11.3. The second-order valence-corrected chi connectivity index (χ2v) is 6.60. The highest BCUT2D eigenvalue weighted by Crippen LogP contribution is 2.32. The van der Waals surface area contributed by atoms with Crippen molar-refractivity contribution in [3.63, 3.8) is 0 Å². The van der Waals surface area contributed by atoms with Crippen LogP contribution in [0.15, 0.2) is 48.8 Å². The number of nitrogens with one attached hydrogen (secondary N) is 2. The number of nitro benzene ring substituents is 1. The van der Waals surface area contributed by atoms with E-state index in [0.717, 1.165) is 18.4 Å². The summed E-state index contributed by atoms with van der Waals surface area (Å²) in [5.41, 5.74) is 1.74. The van der Waals surface area contributed by atoms with Crippen LogP contribution in [0.3, 0.4) is 0 Å². The fraction of sp³-hybridized carbons (Fsp3) is 0.167. The summed E-state index contributed by atoms with van der Waals surface area (Å²) in [6.07, 6.45) is 5.51. The predicted octanol–water partition coefficient (Wildman–Crippen LogP) is 4.42. The number of nitro groups is 1. The Kier molecular flexibility index (Phi) is 4.55. The highest BCUT2D eigenvalue weighted by Gasteiger charge is 2.23. The second kappa shape index (κ2) is 7.16. The highest BCUT2D eigenvalue weighted by molar-refractivity contribution is 6.31. The van der Waals surface area contributed by atoms with Crippen LogP contribution in [0.1, 0.15) is 12.8 Å². The summed E-state index contributed by atoms with van der Waals surface area (Å²) in [5.74, 6) is 0.907. The molecule has 1 aromatic carbocycles. The molecule has 1 saturated carbocycles. The first-order valence-corrected chi connectivity index (χ1v) is 8.73. The van der Waals surface area contributed by atoms with Crippen molar-refractivity contribution < 1.29 is 4.92 Å². The number of nitrogens with zero attached hydrogens (tertiary/aromatic N) is 4. The third-order valence-electron chi connectivity index (χ3n) is 4.03. The minimum atomic E-state index is -0.465. The first-order chi connectivity index (χ1) is 13.1. The van der Waals surface area contributed by atoms with E-state index in [-0.39, 0.29) is 11.4 Å². The van der Waals surface area contributed by atoms with Crippen molar-refractivity contribution in [3.05, 3.63) is 63.9 Å². The molecule has 1 aliphatic rings. The molecule has 4 rings (SSSR count). The Labute approximate surface area is 159 Å². The number of hydrogen-bond donors (Lipinski definition) is 2. The maximum atomic E-state index is 11.3. The number of aromatic nitrogens is 3. The molecule has 0 amide bonds. The monoisotopic (exact) mass is 382 g/mol. The van der Waals surface area contributed by atoms with Gasteiger partial charge in [0, 0.05) is 41.2 Å². The van der Waals surface area contributed by atoms with Gasteiger partial charge in [0.25, 0.3) is 5.69 Å². The van der Waals surface area contributed by atoms with Crippen LogP contribution < -0.4 is 10.6 Å². The van der Waals surface area contributed by atoms with Gasteiger partial charge >= 0.3 is 0 Å². The van der Waals surface area contributed by atoms with Gasteiger partial charge in [-0.15, -0.1) is 0 Å². The molecule has 2 aromatic heterocycles. The minimum Gasteiger partial charge on any atom is -0.351 e. The summed E-state index contributed by atoms with van der Waals surface area (Å²) in [6, 6.07) is 10.1. The van der Waals surface area contributed by atoms with Crippen molar-refractivity contribution in [2.24, 2.45) is 0 Å². The Hall–Kier alpha value is -3.26. The normalized spacial score (nSPS) is 13.2. The quantitative estimate of drug-likeness (QED) is 0.480. The van der Waals surface area contributed by atoms with Crippen LogP contribution in [-0.4, -0.2) is 25.9 Å². The van der Waals surface area contributed by atoms with Crippen LogP contribution in [0.2, 0.25) is 5.02 Å². The van der Waals surface area contributed by atoms with Gasteiger partial charge in [-0.25, -0.2) is 4.98 Å². The predicted molar refractivity (Wildman–Crippen MR) is 103 cm³/mol. The lowest BCUT2D eigenvalue weighted by atomic mass is 10.2. The number of halogens is 1. The van der Waals surface area contributed by atoms with Gasteiger partial charge in [-0.2, -0.15) is 4.98 Å². The van der Waals surface area contributed by atoms with E-state index in [9.17, 15) is 10.1 Å². The average molecular weight is 383 g/mol. The van der Waals surface area contributed by atoms with Crippen LogP contribution in [0, 0.1) is 10.1 Å². The number of rotatable bonds is 6. The zero-order valence-electron chi connectivity index (χ0n) is 14.1. The number of hydrogen-bond acceptors (Lipinski definition) is 7. The topological polar surface area (TPSA) is 106 Å². The molecule has 136 valence electrons. The van der Waals surface area contributed by atoms with Crippen LogP contribution in [0.4, 0.5) is 23.1 Å². The van der Waals surface area contributed by atoms with E-state index in [0.29, 0.717) is 28.5 Å². The lowest BCUT2D eigenvalue weighted by Gasteiger charge is -2.11. The molecule has 2 N–H and O–H groups in total. The van der Waals surface area contributed by atoms with E-state index in [4.69, 9.17) is 11.6 Å². The van der Waals surface area contributed by atoms with Gasteiger partial charge < -0.3 is 10.6 Å². The third-order valence-corrected chi connectivity index (χ3v) is 4.27. The Bertz CT molecular complexity index is 994. The van der Waals surface area contributed by atoms with E-state index < -0.39 is 4.92 Å². The fourth-order valence-corrected chi connectivity index (χ4v) is 2.73. The van der Waals surface area contributed by atoms with Gasteiger partial charge in [0.05, 0.1) is 10.6 Å². The number of pyridine rings is 1. The minimum absolute atomic E-state index is 0.0832. The van der Waals surface area contributed by atoms with Gasteiger partial charge in [0.15, 0.2) is 0 Å². The molecule has 0 aliphatic heterocycles. The molecule has 0 radical (unpaired) electrons. The van der Waals surface area contributed by atoms with Crippen LogP contribution in [-0.2, 0) is 0 Å². The zero-order valence-corrected chi connectivity index (χ0v) is 14.8. The largest absolute Gasteiger partial charge is 0.351 e.